The summed E-state index contributed by atoms with van der Waals surface area (Å²) in [5.74, 6) is 10.9. The molecule has 398 valence electrons. The van der Waals surface area contributed by atoms with E-state index in [0.29, 0.717) is 78.9 Å². The second kappa shape index (κ2) is 22.7. The maximum atomic E-state index is 15.8. The van der Waals surface area contributed by atoms with E-state index in [9.17, 15) is 15.3 Å². The zero-order chi connectivity index (χ0) is 51.5. The van der Waals surface area contributed by atoms with Crippen molar-refractivity contribution in [3.05, 3.63) is 65.8 Å². The van der Waals surface area contributed by atoms with E-state index in [1.807, 2.05) is 25.3 Å². The van der Waals surface area contributed by atoms with Gasteiger partial charge in [-0.25, -0.2) is 0 Å². The molecule has 0 amide bonds. The van der Waals surface area contributed by atoms with E-state index in [1.165, 1.54) is 0 Å². The summed E-state index contributed by atoms with van der Waals surface area (Å²) >= 11 is 0. The number of likely N-dealkylation sites (N-methyl/N-ethyl adjacent to an activating group) is 1. The minimum Gasteiger partial charge on any atom is -0.504 e. The summed E-state index contributed by atoms with van der Waals surface area (Å²) in [4.78, 5) is 20.5. The van der Waals surface area contributed by atoms with Crippen molar-refractivity contribution in [3.63, 3.8) is 0 Å². The molecule has 1 spiro atoms. The predicted molar refractivity (Wildman–Crippen MR) is 289 cm³/mol. The zero-order valence-corrected chi connectivity index (χ0v) is 44.4. The molecule has 4 bridgehead atoms. The zero-order valence-electron chi connectivity index (χ0n) is 44.4. The SMILES string of the molecule is CCC1C=CC2C(C1)C1C=CC(=O)C3(Cc4ccc(O)c(OC)c4)CCCC3CC#CNC(=NC)Nc3cc(cc4c3OC#CCC3CC(CNC)(CC3CC(O)OC3CCCC3)O4)C13CCCC3C2CCCO. The molecule has 12 heteroatoms. The molecule has 2 aliphatic heterocycles. The maximum absolute atomic E-state index is 15.8. The summed E-state index contributed by atoms with van der Waals surface area (Å²) in [7, 11) is 5.29. The number of hydrogen-bond donors (Lipinski definition) is 6. The van der Waals surface area contributed by atoms with Gasteiger partial charge in [-0.2, -0.15) is 0 Å². The Kier molecular flexibility index (Phi) is 16.1. The van der Waals surface area contributed by atoms with Gasteiger partial charge in [0.25, 0.3) is 0 Å². The van der Waals surface area contributed by atoms with E-state index < -0.39 is 22.7 Å². The molecule has 0 aromatic heterocycles. The molecule has 74 heavy (non-hydrogen) atoms. The van der Waals surface area contributed by atoms with Gasteiger partial charge in [0.1, 0.15) is 11.7 Å². The number of aliphatic imine (C=N–C) groups is 1. The standard InChI is InChI=1S/C62H82N4O8/c1-5-40-20-22-47-48(18-11-29-67)50-19-9-27-62(50)45-34-52(58-55(35-45)74-60(39-63-2)37-42(13-12-30-72-58)43(38-60)33-57(70)73-46-16-6-7-17-46)66-59(64-3)65-28-10-15-44-14-8-26-61(44,56(69)25-23-51(62)49(47)31-40)36-41-21-24-53(68)54(32-41)71-4/h20-25,32,34-35,40,42-44,46-51,57,63,67-68,70H,5-9,11,13-19,26-27,29,31,33,36-39H2,1-4H3,(H2,64,65,66). The van der Waals surface area contributed by atoms with Crippen LogP contribution in [0.2, 0.25) is 0 Å². The van der Waals surface area contributed by atoms with Crippen LogP contribution in [0.4, 0.5) is 5.69 Å². The van der Waals surface area contributed by atoms with Crippen LogP contribution in [0.5, 0.6) is 23.0 Å². The van der Waals surface area contributed by atoms with Crippen LogP contribution in [0.15, 0.2) is 59.6 Å². The number of carbonyl (C=O) groups excluding carboxylic acids is 1. The van der Waals surface area contributed by atoms with Crippen molar-refractivity contribution >= 4 is 17.4 Å². The second-order valence-electron chi connectivity index (χ2n) is 23.5. The van der Waals surface area contributed by atoms with Crippen molar-refractivity contribution < 1.29 is 39.1 Å². The highest BCUT2D eigenvalue weighted by Crippen LogP contribution is 2.66. The highest BCUT2D eigenvalue weighted by molar-refractivity contribution is 5.97. The normalized spacial score (nSPS) is 35.2. The Morgan fingerprint density at radius 2 is 1.86 bits per heavy atom. The van der Waals surface area contributed by atoms with Crippen molar-refractivity contribution in [3.8, 4) is 47.0 Å². The van der Waals surface area contributed by atoms with Crippen LogP contribution in [0, 0.1) is 82.7 Å². The van der Waals surface area contributed by atoms with E-state index in [1.54, 1.807) is 20.2 Å². The first-order chi connectivity index (χ1) is 36.0. The van der Waals surface area contributed by atoms with Crippen LogP contribution >= 0.6 is 0 Å². The Morgan fingerprint density at radius 3 is 2.66 bits per heavy atom. The second-order valence-corrected chi connectivity index (χ2v) is 23.5. The van der Waals surface area contributed by atoms with Crippen LogP contribution in [-0.4, -0.2) is 79.4 Å². The van der Waals surface area contributed by atoms with Gasteiger partial charge in [-0.15, -0.1) is 0 Å². The van der Waals surface area contributed by atoms with Crippen LogP contribution in [0.3, 0.4) is 0 Å². The molecular formula is C62H82N4O8. The number of ether oxygens (including phenoxy) is 4. The first-order valence-corrected chi connectivity index (χ1v) is 28.4. The van der Waals surface area contributed by atoms with Gasteiger partial charge in [-0.1, -0.05) is 68.7 Å². The number of phenols is 1. The van der Waals surface area contributed by atoms with E-state index in [0.717, 1.165) is 114 Å². The number of carbonyl (C=O) groups is 1. The third-order valence-corrected chi connectivity index (χ3v) is 19.6. The monoisotopic (exact) mass is 1010 g/mol. The van der Waals surface area contributed by atoms with Gasteiger partial charge < -0.3 is 44.9 Å². The number of rotatable bonds is 13. The average Bonchev–Trinajstić information content (AvgIpc) is 4.25. The van der Waals surface area contributed by atoms with Crippen molar-refractivity contribution in [1.29, 1.82) is 0 Å². The minimum atomic E-state index is -0.848. The Hall–Kier alpha value is -4.98. The molecule has 0 radical (unpaired) electrons. The van der Waals surface area contributed by atoms with Gasteiger partial charge in [0.05, 0.1) is 18.9 Å². The van der Waals surface area contributed by atoms with Gasteiger partial charge in [0, 0.05) is 56.3 Å². The third kappa shape index (κ3) is 10.2. The fourth-order valence-corrected chi connectivity index (χ4v) is 16.3. The number of hydrogen-bond acceptors (Lipinski definition) is 10. The minimum absolute atomic E-state index is 0.00115. The van der Waals surface area contributed by atoms with Crippen LogP contribution in [-0.2, 0) is 21.4 Å². The number of nitrogens with zero attached hydrogens (tertiary/aromatic N) is 1. The lowest BCUT2D eigenvalue weighted by Gasteiger charge is -2.58. The number of fused-ring (bicyclic) bond motifs is 9. The summed E-state index contributed by atoms with van der Waals surface area (Å²) in [5.41, 5.74) is 1.03. The van der Waals surface area contributed by atoms with E-state index in [2.05, 4.69) is 77.2 Å². The summed E-state index contributed by atoms with van der Waals surface area (Å²) in [6.45, 7) is 3.04. The number of aromatic hydroxyl groups is 1. The molecule has 2 heterocycles. The molecule has 10 rings (SSSR count). The van der Waals surface area contributed by atoms with Crippen molar-refractivity contribution in [2.75, 3.05) is 39.7 Å². The number of anilines is 1. The summed E-state index contributed by atoms with van der Waals surface area (Å²) in [6, 6.07) is 13.2. The molecule has 6 aliphatic carbocycles. The largest absolute Gasteiger partial charge is 0.504 e. The number of aliphatic hydroxyl groups excluding tert-OH is 2. The first-order valence-electron chi connectivity index (χ1n) is 28.4. The smallest absolute Gasteiger partial charge is 0.207 e. The summed E-state index contributed by atoms with van der Waals surface area (Å²) in [6.07, 6.45) is 28.9. The molecule has 12 nitrogen and oxygen atoms in total. The topological polar surface area (TPSA) is 163 Å². The maximum Gasteiger partial charge on any atom is 0.207 e. The van der Waals surface area contributed by atoms with Crippen molar-refractivity contribution in [1.82, 2.24) is 10.6 Å². The molecule has 13 unspecified atom stereocenters. The fraction of sp³-hybridized carbons (Fsp3) is 0.645. The lowest BCUT2D eigenvalue weighted by Crippen LogP contribution is -2.54. The van der Waals surface area contributed by atoms with Crippen LogP contribution in [0.1, 0.15) is 140 Å². The summed E-state index contributed by atoms with van der Waals surface area (Å²) in [5, 5.41) is 43.0. The number of benzene rings is 2. The quantitative estimate of drug-likeness (QED) is 0.0644. The molecule has 2 aromatic rings. The molecule has 8 aliphatic rings. The summed E-state index contributed by atoms with van der Waals surface area (Å²) < 4.78 is 26.1. The molecule has 6 N–H and O–H groups in total. The molecule has 5 fully saturated rings. The Bertz CT molecular complexity index is 2570. The average molecular weight is 1010 g/mol. The van der Waals surface area contributed by atoms with Crippen LogP contribution < -0.4 is 30.2 Å². The van der Waals surface area contributed by atoms with E-state index >= 15 is 4.79 Å². The Labute approximate surface area is 440 Å². The number of ketones is 1. The number of allylic oxidation sites excluding steroid dienone is 4. The molecule has 0 saturated heterocycles. The van der Waals surface area contributed by atoms with Gasteiger partial charge in [0.2, 0.25) is 11.7 Å². The Morgan fingerprint density at radius 1 is 1.01 bits per heavy atom. The molecule has 2 aromatic carbocycles. The lowest BCUT2D eigenvalue weighted by molar-refractivity contribution is -0.145. The number of methoxy groups -OCH3 is 1. The highest BCUT2D eigenvalue weighted by atomic mass is 16.6. The lowest BCUT2D eigenvalue weighted by atomic mass is 9.46. The predicted octanol–water partition coefficient (Wildman–Crippen LogP) is 9.96. The third-order valence-electron chi connectivity index (χ3n) is 19.6. The number of guanidine groups is 1. The number of aliphatic hydroxyl groups is 2. The van der Waals surface area contributed by atoms with Crippen molar-refractivity contribution in [2.24, 2.45) is 63.7 Å². The Balaban J connectivity index is 1.14. The molecular weight excluding hydrogens is 929 g/mol. The van der Waals surface area contributed by atoms with Gasteiger partial charge >= 0.3 is 0 Å². The van der Waals surface area contributed by atoms with E-state index in [4.69, 9.17) is 23.9 Å². The van der Waals surface area contributed by atoms with Gasteiger partial charge in [-0.05, 0) is 185 Å². The molecule has 5 saturated carbocycles. The number of nitrogens with one attached hydrogen (secondary N) is 3. The van der Waals surface area contributed by atoms with Gasteiger partial charge in [-0.3, -0.25) is 15.1 Å². The van der Waals surface area contributed by atoms with Crippen LogP contribution in [0.25, 0.3) is 0 Å². The number of phenolic OH excluding ortho intramolecular Hbond substituents is 1. The van der Waals surface area contributed by atoms with E-state index in [-0.39, 0.29) is 59.8 Å². The van der Waals surface area contributed by atoms with Gasteiger partial charge in [0.15, 0.2) is 29.3 Å². The molecule has 13 atom stereocenters. The fourth-order valence-electron chi connectivity index (χ4n) is 16.3. The highest BCUT2D eigenvalue weighted by Gasteiger charge is 2.61. The van der Waals surface area contributed by atoms with Crippen molar-refractivity contribution in [2.45, 2.75) is 159 Å². The first kappa shape index (κ1) is 52.5.